The number of anilines is 1. The van der Waals surface area contributed by atoms with Gasteiger partial charge >= 0.3 is 6.03 Å². The molecule has 0 aliphatic carbocycles. The lowest BCUT2D eigenvalue weighted by molar-refractivity contribution is 0.199. The van der Waals surface area contributed by atoms with Crippen LogP contribution in [0.3, 0.4) is 0 Å². The van der Waals surface area contributed by atoms with Gasteiger partial charge in [0.1, 0.15) is 17.4 Å². The van der Waals surface area contributed by atoms with Crippen molar-refractivity contribution < 1.29 is 13.6 Å². The lowest BCUT2D eigenvalue weighted by atomic mass is 10.0. The molecule has 32 heavy (non-hydrogen) atoms. The zero-order valence-electron chi connectivity index (χ0n) is 17.4. The fraction of sp³-hybridized carbons (Fsp3) is 0.200. The van der Waals surface area contributed by atoms with Crippen LogP contribution in [0.15, 0.2) is 65.1 Å². The minimum absolute atomic E-state index is 0.221. The SMILES string of the molecule is Cc1ccc(NC(=O)N2CCCC2c2nc3cc(-c4ccccc4F)ccc3o2)cc1Cl. The van der Waals surface area contributed by atoms with Crippen molar-refractivity contribution in [2.45, 2.75) is 25.8 Å². The number of benzene rings is 3. The molecule has 162 valence electrons. The van der Waals surface area contributed by atoms with E-state index in [0.29, 0.717) is 39.8 Å². The number of hydrogen-bond donors (Lipinski definition) is 1. The Morgan fingerprint density at radius 1 is 1.19 bits per heavy atom. The van der Waals surface area contributed by atoms with E-state index in [9.17, 15) is 9.18 Å². The van der Waals surface area contributed by atoms with Gasteiger partial charge in [0.25, 0.3) is 0 Å². The van der Waals surface area contributed by atoms with Gasteiger partial charge in [-0.05, 0) is 61.2 Å². The van der Waals surface area contributed by atoms with E-state index in [1.54, 1.807) is 35.2 Å². The summed E-state index contributed by atoms with van der Waals surface area (Å²) in [6, 6.07) is 17.0. The fourth-order valence-corrected chi connectivity index (χ4v) is 4.26. The number of oxazole rings is 1. The summed E-state index contributed by atoms with van der Waals surface area (Å²) in [6.45, 7) is 2.52. The van der Waals surface area contributed by atoms with Crippen molar-refractivity contribution >= 4 is 34.4 Å². The highest BCUT2D eigenvalue weighted by molar-refractivity contribution is 6.31. The molecule has 1 fully saturated rings. The molecule has 1 unspecified atom stereocenters. The van der Waals surface area contributed by atoms with Crippen LogP contribution in [0, 0.1) is 12.7 Å². The summed E-state index contributed by atoms with van der Waals surface area (Å²) in [7, 11) is 0. The second kappa shape index (κ2) is 8.28. The second-order valence-electron chi connectivity index (χ2n) is 7.96. The molecule has 1 aliphatic rings. The van der Waals surface area contributed by atoms with Gasteiger partial charge < -0.3 is 14.6 Å². The van der Waals surface area contributed by atoms with Crippen LogP contribution in [-0.4, -0.2) is 22.5 Å². The third-order valence-corrected chi connectivity index (χ3v) is 6.22. The van der Waals surface area contributed by atoms with Crippen LogP contribution >= 0.6 is 11.6 Å². The van der Waals surface area contributed by atoms with Crippen LogP contribution in [0.2, 0.25) is 5.02 Å². The number of nitrogens with one attached hydrogen (secondary N) is 1. The van der Waals surface area contributed by atoms with Crippen LogP contribution in [-0.2, 0) is 0 Å². The number of fused-ring (bicyclic) bond motifs is 1. The average molecular weight is 450 g/mol. The zero-order valence-corrected chi connectivity index (χ0v) is 18.2. The number of aryl methyl sites for hydroxylation is 1. The summed E-state index contributed by atoms with van der Waals surface area (Å²) in [6.07, 6.45) is 1.61. The molecule has 2 heterocycles. The van der Waals surface area contributed by atoms with Crippen molar-refractivity contribution in [1.82, 2.24) is 9.88 Å². The fourth-order valence-electron chi connectivity index (χ4n) is 4.08. The van der Waals surface area contributed by atoms with Crippen LogP contribution in [0.5, 0.6) is 0 Å². The molecule has 0 saturated carbocycles. The molecule has 1 aliphatic heterocycles. The van der Waals surface area contributed by atoms with E-state index in [4.69, 9.17) is 16.0 Å². The third kappa shape index (κ3) is 3.82. The Morgan fingerprint density at radius 2 is 2.03 bits per heavy atom. The summed E-state index contributed by atoms with van der Waals surface area (Å²) in [5, 5.41) is 3.52. The quantitative estimate of drug-likeness (QED) is 0.367. The minimum atomic E-state index is -0.287. The lowest BCUT2D eigenvalue weighted by Gasteiger charge is -2.22. The number of urea groups is 1. The molecular weight excluding hydrogens is 429 g/mol. The van der Waals surface area contributed by atoms with Crippen molar-refractivity contribution in [3.05, 3.63) is 83.0 Å². The van der Waals surface area contributed by atoms with Gasteiger partial charge in [0.2, 0.25) is 5.89 Å². The molecular formula is C25H21ClFN3O2. The number of carbonyl (C=O) groups is 1. The standard InChI is InChI=1S/C25H21ClFN3O2/c1-15-8-10-17(14-19(15)26)28-25(31)30-12-4-7-22(30)24-29-21-13-16(9-11-23(21)32-24)18-5-2-3-6-20(18)27/h2-3,5-6,8-11,13-14,22H,4,7,12H2,1H3,(H,28,31). The van der Waals surface area contributed by atoms with Gasteiger partial charge in [0.15, 0.2) is 5.58 Å². The first kappa shape index (κ1) is 20.5. The monoisotopic (exact) mass is 449 g/mol. The Labute approximate surface area is 189 Å². The molecule has 1 aromatic heterocycles. The maximum absolute atomic E-state index is 14.2. The molecule has 1 saturated heterocycles. The zero-order chi connectivity index (χ0) is 22.2. The molecule has 0 radical (unpaired) electrons. The molecule has 1 atom stereocenters. The van der Waals surface area contributed by atoms with Gasteiger partial charge in [-0.3, -0.25) is 0 Å². The lowest BCUT2D eigenvalue weighted by Crippen LogP contribution is -2.34. The number of halogens is 2. The second-order valence-corrected chi connectivity index (χ2v) is 8.37. The summed E-state index contributed by atoms with van der Waals surface area (Å²) >= 11 is 6.18. The van der Waals surface area contributed by atoms with E-state index in [1.165, 1.54) is 6.07 Å². The number of amides is 2. The highest BCUT2D eigenvalue weighted by atomic mass is 35.5. The van der Waals surface area contributed by atoms with Crippen LogP contribution < -0.4 is 5.32 Å². The predicted octanol–water partition coefficient (Wildman–Crippen LogP) is 6.96. The van der Waals surface area contributed by atoms with Crippen molar-refractivity contribution in [3.8, 4) is 11.1 Å². The van der Waals surface area contributed by atoms with Crippen LogP contribution in [0.25, 0.3) is 22.2 Å². The first-order chi connectivity index (χ1) is 15.5. The smallest absolute Gasteiger partial charge is 0.322 e. The maximum Gasteiger partial charge on any atom is 0.322 e. The molecule has 1 N–H and O–H groups in total. The number of hydrogen-bond acceptors (Lipinski definition) is 3. The summed E-state index contributed by atoms with van der Waals surface area (Å²) in [5.74, 6) is 0.200. The molecule has 4 aromatic rings. The number of carbonyl (C=O) groups excluding carboxylic acids is 1. The highest BCUT2D eigenvalue weighted by Crippen LogP contribution is 2.35. The van der Waals surface area contributed by atoms with Crippen LogP contribution in [0.4, 0.5) is 14.9 Å². The minimum Gasteiger partial charge on any atom is -0.438 e. The Hall–Kier alpha value is -3.38. The van der Waals surface area contributed by atoms with E-state index in [2.05, 4.69) is 10.3 Å². The Morgan fingerprint density at radius 3 is 2.84 bits per heavy atom. The van der Waals surface area contributed by atoms with E-state index in [1.807, 2.05) is 31.2 Å². The number of likely N-dealkylation sites (tertiary alicyclic amines) is 1. The maximum atomic E-state index is 14.2. The molecule has 3 aromatic carbocycles. The number of aromatic nitrogens is 1. The van der Waals surface area contributed by atoms with Gasteiger partial charge in [-0.1, -0.05) is 41.9 Å². The van der Waals surface area contributed by atoms with Gasteiger partial charge in [-0.25, -0.2) is 14.2 Å². The molecule has 5 nitrogen and oxygen atoms in total. The highest BCUT2D eigenvalue weighted by Gasteiger charge is 2.33. The van der Waals surface area contributed by atoms with Crippen molar-refractivity contribution in [3.63, 3.8) is 0 Å². The summed E-state index contributed by atoms with van der Waals surface area (Å²) in [5.41, 5.74) is 4.08. The number of rotatable bonds is 3. The van der Waals surface area contributed by atoms with E-state index in [-0.39, 0.29) is 17.9 Å². The van der Waals surface area contributed by atoms with Gasteiger partial charge in [-0.2, -0.15) is 0 Å². The van der Waals surface area contributed by atoms with Crippen molar-refractivity contribution in [2.24, 2.45) is 0 Å². The molecule has 5 rings (SSSR count). The van der Waals surface area contributed by atoms with Gasteiger partial charge in [0, 0.05) is 22.8 Å². The normalized spacial score (nSPS) is 16.0. The van der Waals surface area contributed by atoms with E-state index >= 15 is 0 Å². The number of nitrogens with zero attached hydrogens (tertiary/aromatic N) is 2. The largest absolute Gasteiger partial charge is 0.438 e. The summed E-state index contributed by atoms with van der Waals surface area (Å²) < 4.78 is 20.2. The van der Waals surface area contributed by atoms with E-state index in [0.717, 1.165) is 24.0 Å². The predicted molar refractivity (Wildman–Crippen MR) is 123 cm³/mol. The Balaban J connectivity index is 1.40. The molecule has 0 bridgehead atoms. The van der Waals surface area contributed by atoms with Gasteiger partial charge in [-0.15, -0.1) is 0 Å². The molecule has 2 amide bonds. The average Bonchev–Trinajstić information content (AvgIpc) is 3.43. The Bertz CT molecular complexity index is 1320. The van der Waals surface area contributed by atoms with E-state index < -0.39 is 0 Å². The first-order valence-corrected chi connectivity index (χ1v) is 10.9. The summed E-state index contributed by atoms with van der Waals surface area (Å²) in [4.78, 5) is 19.3. The van der Waals surface area contributed by atoms with Gasteiger partial charge in [0.05, 0.1) is 0 Å². The molecule has 7 heteroatoms. The topological polar surface area (TPSA) is 58.4 Å². The van der Waals surface area contributed by atoms with Crippen LogP contribution in [0.1, 0.15) is 30.3 Å². The van der Waals surface area contributed by atoms with Crippen molar-refractivity contribution in [2.75, 3.05) is 11.9 Å². The molecule has 0 spiro atoms. The van der Waals surface area contributed by atoms with Crippen molar-refractivity contribution in [1.29, 1.82) is 0 Å². The Kier molecular flexibility index (Phi) is 5.31. The third-order valence-electron chi connectivity index (χ3n) is 5.81. The first-order valence-electron chi connectivity index (χ1n) is 10.5.